The van der Waals surface area contributed by atoms with Gasteiger partial charge in [-0.2, -0.15) is 0 Å². The van der Waals surface area contributed by atoms with Gasteiger partial charge in [-0.05, 0) is 42.5 Å². The van der Waals surface area contributed by atoms with Crippen molar-refractivity contribution in [2.24, 2.45) is 0 Å². The number of rotatable bonds is 3. The molecule has 0 heterocycles. The molecule has 0 saturated carbocycles. The van der Waals surface area contributed by atoms with Crippen molar-refractivity contribution in [2.45, 2.75) is 4.90 Å². The highest BCUT2D eigenvalue weighted by atomic mass is 35.5. The number of carbonyl (C=O) groups excluding carboxylic acids is 1. The van der Waals surface area contributed by atoms with Crippen LogP contribution in [0.5, 0.6) is 0 Å². The molecule has 2 rings (SSSR count). The number of anilines is 1. The maximum atomic E-state index is 12.1. The fourth-order valence-corrected chi connectivity index (χ4v) is 2.84. The monoisotopic (exact) mass is 343 g/mol. The van der Waals surface area contributed by atoms with E-state index in [2.05, 4.69) is 5.32 Å². The van der Waals surface area contributed by atoms with Crippen molar-refractivity contribution < 1.29 is 13.2 Å². The smallest absolute Gasteiger partial charge is 0.255 e. The Morgan fingerprint density at radius 3 is 2.00 bits per heavy atom. The zero-order valence-electron chi connectivity index (χ0n) is 10.9. The van der Waals surface area contributed by atoms with Crippen LogP contribution in [0.25, 0.3) is 0 Å². The van der Waals surface area contributed by atoms with Gasteiger partial charge in [-0.1, -0.05) is 23.2 Å². The summed E-state index contributed by atoms with van der Waals surface area (Å²) in [6, 6.07) is 10.3. The quantitative estimate of drug-likeness (QED) is 0.924. The fourth-order valence-electron chi connectivity index (χ4n) is 1.68. The molecule has 4 nitrogen and oxygen atoms in total. The zero-order chi connectivity index (χ0) is 15.6. The molecule has 1 amide bonds. The lowest BCUT2D eigenvalue weighted by Crippen LogP contribution is -2.12. The highest BCUT2D eigenvalue weighted by Gasteiger charge is 2.10. The van der Waals surface area contributed by atoms with Gasteiger partial charge in [0, 0.05) is 27.6 Å². The van der Waals surface area contributed by atoms with Gasteiger partial charge in [0.1, 0.15) is 0 Å². The molecule has 0 spiro atoms. The Morgan fingerprint density at radius 1 is 1.00 bits per heavy atom. The first-order valence-corrected chi connectivity index (χ1v) is 8.48. The van der Waals surface area contributed by atoms with Gasteiger partial charge in [0.2, 0.25) is 0 Å². The molecule has 0 aromatic heterocycles. The predicted molar refractivity (Wildman–Crippen MR) is 84.0 cm³/mol. The Labute approximate surface area is 132 Å². The van der Waals surface area contributed by atoms with Gasteiger partial charge in [-0.3, -0.25) is 4.79 Å². The van der Waals surface area contributed by atoms with Crippen LogP contribution in [0, 0.1) is 0 Å². The minimum absolute atomic E-state index is 0.157. The van der Waals surface area contributed by atoms with Crippen LogP contribution in [0.2, 0.25) is 10.0 Å². The van der Waals surface area contributed by atoms with Gasteiger partial charge in [0.05, 0.1) is 4.90 Å². The molecule has 0 aliphatic carbocycles. The van der Waals surface area contributed by atoms with Crippen LogP contribution in [-0.2, 0) is 9.84 Å². The number of carbonyl (C=O) groups is 1. The summed E-state index contributed by atoms with van der Waals surface area (Å²) in [6.45, 7) is 0. The molecule has 0 aliphatic rings. The third kappa shape index (κ3) is 4.20. The first-order valence-electron chi connectivity index (χ1n) is 5.83. The van der Waals surface area contributed by atoms with E-state index < -0.39 is 9.84 Å². The van der Waals surface area contributed by atoms with Crippen LogP contribution in [0.4, 0.5) is 5.69 Å². The molecule has 0 unspecified atom stereocenters. The van der Waals surface area contributed by atoms with Gasteiger partial charge in [-0.15, -0.1) is 0 Å². The summed E-state index contributed by atoms with van der Waals surface area (Å²) < 4.78 is 22.7. The van der Waals surface area contributed by atoms with Crippen molar-refractivity contribution in [3.8, 4) is 0 Å². The van der Waals surface area contributed by atoms with Crippen molar-refractivity contribution in [3.05, 3.63) is 58.1 Å². The molecule has 21 heavy (non-hydrogen) atoms. The van der Waals surface area contributed by atoms with E-state index in [4.69, 9.17) is 23.2 Å². The summed E-state index contributed by atoms with van der Waals surface area (Å²) in [5, 5.41) is 3.46. The van der Waals surface area contributed by atoms with Crippen LogP contribution >= 0.6 is 23.2 Å². The lowest BCUT2D eigenvalue weighted by Gasteiger charge is -2.07. The van der Waals surface area contributed by atoms with Crippen molar-refractivity contribution in [2.75, 3.05) is 11.6 Å². The van der Waals surface area contributed by atoms with Gasteiger partial charge >= 0.3 is 0 Å². The number of halogens is 2. The number of hydrogen-bond donors (Lipinski definition) is 1. The number of benzene rings is 2. The van der Waals surface area contributed by atoms with E-state index in [0.29, 0.717) is 21.3 Å². The third-order valence-corrected chi connectivity index (χ3v) is 4.23. The Morgan fingerprint density at radius 2 is 1.52 bits per heavy atom. The van der Waals surface area contributed by atoms with Crippen molar-refractivity contribution in [3.63, 3.8) is 0 Å². The average molecular weight is 344 g/mol. The van der Waals surface area contributed by atoms with E-state index in [1.807, 2.05) is 0 Å². The molecular formula is C14H11Cl2NO3S. The van der Waals surface area contributed by atoms with E-state index in [-0.39, 0.29) is 10.8 Å². The van der Waals surface area contributed by atoms with Crippen LogP contribution in [0.3, 0.4) is 0 Å². The fraction of sp³-hybridized carbons (Fsp3) is 0.0714. The van der Waals surface area contributed by atoms with Crippen LogP contribution < -0.4 is 5.32 Å². The number of sulfone groups is 1. The SMILES string of the molecule is CS(=O)(=O)c1ccc(C(=O)Nc2cc(Cl)cc(Cl)c2)cc1. The molecule has 7 heteroatoms. The maximum absolute atomic E-state index is 12.1. The van der Waals surface area contributed by atoms with Gasteiger partial charge in [0.25, 0.3) is 5.91 Å². The number of nitrogens with one attached hydrogen (secondary N) is 1. The minimum Gasteiger partial charge on any atom is -0.322 e. The zero-order valence-corrected chi connectivity index (χ0v) is 13.3. The second-order valence-corrected chi connectivity index (χ2v) is 7.30. The van der Waals surface area contributed by atoms with Crippen molar-refractivity contribution >= 4 is 44.6 Å². The molecule has 1 N–H and O–H groups in total. The topological polar surface area (TPSA) is 63.2 Å². The molecule has 2 aromatic carbocycles. The summed E-state index contributed by atoms with van der Waals surface area (Å²) >= 11 is 11.7. The third-order valence-electron chi connectivity index (χ3n) is 2.67. The highest BCUT2D eigenvalue weighted by molar-refractivity contribution is 7.90. The van der Waals surface area contributed by atoms with E-state index in [1.54, 1.807) is 18.2 Å². The van der Waals surface area contributed by atoms with Crippen LogP contribution in [0.15, 0.2) is 47.4 Å². The summed E-state index contributed by atoms with van der Waals surface area (Å²) in [7, 11) is -3.28. The Kier molecular flexibility index (Phi) is 4.56. The van der Waals surface area contributed by atoms with E-state index in [9.17, 15) is 13.2 Å². The number of hydrogen-bond acceptors (Lipinski definition) is 3. The largest absolute Gasteiger partial charge is 0.322 e. The Bertz CT molecular complexity index is 766. The van der Waals surface area contributed by atoms with Crippen molar-refractivity contribution in [1.82, 2.24) is 0 Å². The maximum Gasteiger partial charge on any atom is 0.255 e. The summed E-state index contributed by atoms with van der Waals surface area (Å²) in [4.78, 5) is 12.2. The highest BCUT2D eigenvalue weighted by Crippen LogP contribution is 2.23. The molecule has 0 atom stereocenters. The second-order valence-electron chi connectivity index (χ2n) is 4.41. The Balaban J connectivity index is 2.20. The lowest BCUT2D eigenvalue weighted by atomic mass is 10.2. The minimum atomic E-state index is -3.28. The lowest BCUT2D eigenvalue weighted by molar-refractivity contribution is 0.102. The van der Waals surface area contributed by atoms with Crippen molar-refractivity contribution in [1.29, 1.82) is 0 Å². The average Bonchev–Trinajstić information content (AvgIpc) is 2.36. The molecule has 0 radical (unpaired) electrons. The normalized spacial score (nSPS) is 11.2. The van der Waals surface area contributed by atoms with E-state index >= 15 is 0 Å². The molecule has 0 aliphatic heterocycles. The second kappa shape index (κ2) is 6.05. The van der Waals surface area contributed by atoms with Gasteiger partial charge < -0.3 is 5.32 Å². The van der Waals surface area contributed by atoms with Crippen LogP contribution in [0.1, 0.15) is 10.4 Å². The van der Waals surface area contributed by atoms with Crippen LogP contribution in [-0.4, -0.2) is 20.6 Å². The first kappa shape index (κ1) is 15.8. The molecule has 0 bridgehead atoms. The van der Waals surface area contributed by atoms with E-state index in [1.165, 1.54) is 24.3 Å². The van der Waals surface area contributed by atoms with Gasteiger partial charge in [-0.25, -0.2) is 8.42 Å². The molecule has 2 aromatic rings. The molecule has 110 valence electrons. The predicted octanol–water partition coefficient (Wildman–Crippen LogP) is 3.65. The Hall–Kier alpha value is -1.56. The summed E-state index contributed by atoms with van der Waals surface area (Å²) in [5.41, 5.74) is 0.795. The van der Waals surface area contributed by atoms with E-state index in [0.717, 1.165) is 6.26 Å². The first-order chi connectivity index (χ1) is 9.75. The summed E-state index contributed by atoms with van der Waals surface area (Å²) in [5.74, 6) is -0.381. The number of amides is 1. The molecular weight excluding hydrogens is 333 g/mol. The van der Waals surface area contributed by atoms with Gasteiger partial charge in [0.15, 0.2) is 9.84 Å². The standard InChI is InChI=1S/C14H11Cl2NO3S/c1-21(19,20)13-4-2-9(3-5-13)14(18)17-12-7-10(15)6-11(16)8-12/h2-8H,1H3,(H,17,18). The molecule has 0 saturated heterocycles. The molecule has 0 fully saturated rings. The summed E-state index contributed by atoms with van der Waals surface area (Å²) in [6.07, 6.45) is 1.11.